The van der Waals surface area contributed by atoms with Crippen LogP contribution in [0.25, 0.3) is 0 Å². The van der Waals surface area contributed by atoms with Gasteiger partial charge in [0.2, 0.25) is 0 Å². The van der Waals surface area contributed by atoms with Crippen molar-refractivity contribution in [2.75, 3.05) is 13.7 Å². The molecule has 0 aliphatic carbocycles. The number of nitrogens with zero attached hydrogens (tertiary/aromatic N) is 2. The molecule has 0 aromatic heterocycles. The van der Waals surface area contributed by atoms with Gasteiger partial charge in [-0.1, -0.05) is 86.6 Å². The molecule has 8 heteroatoms. The molecule has 0 radical (unpaired) electrons. The number of hydrogen-bond acceptors (Lipinski definition) is 6. The number of rotatable bonds is 14. The maximum atomic E-state index is 13.5. The number of benzene rings is 3. The van der Waals surface area contributed by atoms with Gasteiger partial charge in [0.05, 0.1) is 7.11 Å². The average Bonchev–Trinajstić information content (AvgIpc) is 2.97. The molecule has 2 amide bonds. The van der Waals surface area contributed by atoms with Gasteiger partial charge in [-0.15, -0.1) is 0 Å². The molecule has 0 bridgehead atoms. The minimum Gasteiger partial charge on any atom is -0.497 e. The standard InChI is InChI=1S/C31H40N4O4/c1-24(2)29(33-31(37)39-23-27-15-8-5-9-16-27)30(36)35(32)34(22-26-17-19-28(38-3)20-18-26)21-11-10-14-25-12-6-4-7-13-25/h4-9,12-13,15-20,24,29H,10-11,14,21-23,32H2,1-3H3,(H,33,37)/t29-/m0/s1. The lowest BCUT2D eigenvalue weighted by atomic mass is 10.0. The summed E-state index contributed by atoms with van der Waals surface area (Å²) in [5.41, 5.74) is 3.12. The number of aryl methyl sites for hydroxylation is 1. The molecule has 3 N–H and O–H groups in total. The molecule has 0 heterocycles. The Morgan fingerprint density at radius 1 is 0.846 bits per heavy atom. The number of hydrogen-bond donors (Lipinski definition) is 2. The van der Waals surface area contributed by atoms with E-state index in [1.54, 1.807) is 7.11 Å². The number of unbranched alkanes of at least 4 members (excludes halogenated alkanes) is 1. The highest BCUT2D eigenvalue weighted by Crippen LogP contribution is 2.16. The minimum atomic E-state index is -0.846. The Morgan fingerprint density at radius 3 is 2.05 bits per heavy atom. The number of carbonyl (C=O) groups excluding carboxylic acids is 2. The normalized spacial score (nSPS) is 11.7. The van der Waals surface area contributed by atoms with Crippen molar-refractivity contribution in [2.24, 2.45) is 11.8 Å². The molecule has 8 nitrogen and oxygen atoms in total. The van der Waals surface area contributed by atoms with E-state index < -0.39 is 18.0 Å². The van der Waals surface area contributed by atoms with Crippen molar-refractivity contribution in [2.45, 2.75) is 52.3 Å². The van der Waals surface area contributed by atoms with Crippen LogP contribution in [0.3, 0.4) is 0 Å². The Labute approximate surface area is 231 Å². The van der Waals surface area contributed by atoms with E-state index in [2.05, 4.69) is 17.4 Å². The summed E-state index contributed by atoms with van der Waals surface area (Å²) in [7, 11) is 1.62. The van der Waals surface area contributed by atoms with Crippen LogP contribution in [0.5, 0.6) is 5.75 Å². The Balaban J connectivity index is 1.65. The SMILES string of the molecule is COc1ccc(CN(CCCCc2ccccc2)N(N)C(=O)[C@@H](NC(=O)OCc2ccccc2)C(C)C)cc1. The van der Waals surface area contributed by atoms with Crippen molar-refractivity contribution in [3.05, 3.63) is 102 Å². The molecular weight excluding hydrogens is 492 g/mol. The molecular formula is C31H40N4O4. The molecule has 3 aromatic rings. The lowest BCUT2D eigenvalue weighted by molar-refractivity contribution is -0.155. The summed E-state index contributed by atoms with van der Waals surface area (Å²) in [6, 6.07) is 26.5. The van der Waals surface area contributed by atoms with E-state index in [0.29, 0.717) is 13.1 Å². The van der Waals surface area contributed by atoms with Crippen molar-refractivity contribution in [3.63, 3.8) is 0 Å². The van der Waals surface area contributed by atoms with Crippen LogP contribution >= 0.6 is 0 Å². The molecule has 0 aliphatic heterocycles. The quantitative estimate of drug-likeness (QED) is 0.130. The van der Waals surface area contributed by atoms with Gasteiger partial charge in [-0.3, -0.25) is 4.79 Å². The molecule has 0 unspecified atom stereocenters. The second-order valence-corrected chi connectivity index (χ2v) is 9.79. The van der Waals surface area contributed by atoms with Gasteiger partial charge in [0.25, 0.3) is 5.91 Å². The fraction of sp³-hybridized carbons (Fsp3) is 0.355. The van der Waals surface area contributed by atoms with Crippen LogP contribution in [0.4, 0.5) is 4.79 Å². The highest BCUT2D eigenvalue weighted by Gasteiger charge is 2.31. The summed E-state index contributed by atoms with van der Waals surface area (Å²) in [5.74, 6) is 6.58. The van der Waals surface area contributed by atoms with Crippen LogP contribution in [0.2, 0.25) is 0 Å². The van der Waals surface area contributed by atoms with Gasteiger partial charge in [-0.2, -0.15) is 5.01 Å². The van der Waals surface area contributed by atoms with E-state index in [1.807, 2.05) is 91.7 Å². The Bertz CT molecular complexity index is 1140. The van der Waals surface area contributed by atoms with Gasteiger partial charge in [-0.25, -0.2) is 15.8 Å². The first-order valence-electron chi connectivity index (χ1n) is 13.3. The third kappa shape index (κ3) is 9.74. The van der Waals surface area contributed by atoms with E-state index in [0.717, 1.165) is 41.3 Å². The number of amides is 2. The first-order chi connectivity index (χ1) is 18.9. The topological polar surface area (TPSA) is 97.1 Å². The summed E-state index contributed by atoms with van der Waals surface area (Å²) >= 11 is 0. The van der Waals surface area contributed by atoms with Crippen molar-refractivity contribution in [1.29, 1.82) is 0 Å². The maximum absolute atomic E-state index is 13.5. The zero-order valence-electron chi connectivity index (χ0n) is 23.1. The first-order valence-corrected chi connectivity index (χ1v) is 13.3. The van der Waals surface area contributed by atoms with Gasteiger partial charge in [0.1, 0.15) is 18.4 Å². The van der Waals surface area contributed by atoms with Crippen LogP contribution in [0, 0.1) is 5.92 Å². The molecule has 0 aliphatic rings. The lowest BCUT2D eigenvalue weighted by Crippen LogP contribution is -2.59. The number of ether oxygens (including phenoxy) is 2. The van der Waals surface area contributed by atoms with E-state index >= 15 is 0 Å². The Hall–Kier alpha value is -3.88. The zero-order valence-corrected chi connectivity index (χ0v) is 23.1. The number of hydrazine groups is 2. The lowest BCUT2D eigenvalue weighted by Gasteiger charge is -2.34. The molecule has 3 aromatic carbocycles. The smallest absolute Gasteiger partial charge is 0.408 e. The summed E-state index contributed by atoms with van der Waals surface area (Å²) in [6.07, 6.45) is 2.07. The molecule has 0 fully saturated rings. The fourth-order valence-corrected chi connectivity index (χ4v) is 4.16. The number of nitrogens with one attached hydrogen (secondary N) is 1. The highest BCUT2D eigenvalue weighted by molar-refractivity contribution is 5.85. The molecule has 208 valence electrons. The Kier molecular flexibility index (Phi) is 11.8. The van der Waals surface area contributed by atoms with Gasteiger partial charge in [0.15, 0.2) is 0 Å². The number of alkyl carbamates (subject to hydrolysis) is 1. The number of methoxy groups -OCH3 is 1. The van der Waals surface area contributed by atoms with E-state index in [4.69, 9.17) is 15.3 Å². The second-order valence-electron chi connectivity index (χ2n) is 9.79. The summed E-state index contributed by atoms with van der Waals surface area (Å²) < 4.78 is 10.6. The third-order valence-electron chi connectivity index (χ3n) is 6.45. The molecule has 0 spiro atoms. The zero-order chi connectivity index (χ0) is 28.0. The molecule has 1 atom stereocenters. The van der Waals surface area contributed by atoms with Gasteiger partial charge < -0.3 is 14.8 Å². The van der Waals surface area contributed by atoms with Crippen LogP contribution in [-0.2, 0) is 29.1 Å². The van der Waals surface area contributed by atoms with Crippen molar-refractivity contribution >= 4 is 12.0 Å². The number of carbonyl (C=O) groups is 2. The Morgan fingerprint density at radius 2 is 1.46 bits per heavy atom. The molecule has 0 saturated heterocycles. The predicted octanol–water partition coefficient (Wildman–Crippen LogP) is 5.09. The fourth-order valence-electron chi connectivity index (χ4n) is 4.16. The van der Waals surface area contributed by atoms with Crippen LogP contribution in [-0.4, -0.2) is 41.8 Å². The molecule has 39 heavy (non-hydrogen) atoms. The second kappa shape index (κ2) is 15.5. The van der Waals surface area contributed by atoms with Crippen LogP contribution in [0.15, 0.2) is 84.9 Å². The average molecular weight is 533 g/mol. The first kappa shape index (κ1) is 29.7. The van der Waals surface area contributed by atoms with Gasteiger partial charge in [0, 0.05) is 13.1 Å². The van der Waals surface area contributed by atoms with Gasteiger partial charge >= 0.3 is 6.09 Å². The largest absolute Gasteiger partial charge is 0.497 e. The monoisotopic (exact) mass is 532 g/mol. The van der Waals surface area contributed by atoms with Crippen LogP contribution < -0.4 is 15.9 Å². The number of nitrogens with two attached hydrogens (primary N) is 1. The summed E-state index contributed by atoms with van der Waals surface area (Å²) in [4.78, 5) is 26.1. The third-order valence-corrected chi connectivity index (χ3v) is 6.45. The van der Waals surface area contributed by atoms with Gasteiger partial charge in [-0.05, 0) is 54.0 Å². The van der Waals surface area contributed by atoms with Crippen LogP contribution in [0.1, 0.15) is 43.4 Å². The van der Waals surface area contributed by atoms with Crippen molar-refractivity contribution in [1.82, 2.24) is 15.4 Å². The highest BCUT2D eigenvalue weighted by atomic mass is 16.5. The van der Waals surface area contributed by atoms with Crippen molar-refractivity contribution < 1.29 is 19.1 Å². The van der Waals surface area contributed by atoms with Crippen molar-refractivity contribution in [3.8, 4) is 5.75 Å². The summed E-state index contributed by atoms with van der Waals surface area (Å²) in [5, 5.41) is 5.68. The predicted molar refractivity (Wildman–Crippen MR) is 152 cm³/mol. The maximum Gasteiger partial charge on any atom is 0.408 e. The minimum absolute atomic E-state index is 0.114. The molecule has 0 saturated carbocycles. The van der Waals surface area contributed by atoms with E-state index in [-0.39, 0.29) is 12.5 Å². The molecule has 3 rings (SSSR count). The van der Waals surface area contributed by atoms with E-state index in [9.17, 15) is 9.59 Å². The summed E-state index contributed by atoms with van der Waals surface area (Å²) in [6.45, 7) is 4.84. The van der Waals surface area contributed by atoms with E-state index in [1.165, 1.54) is 5.56 Å².